The Morgan fingerprint density at radius 3 is 2.65 bits per heavy atom. The highest BCUT2D eigenvalue weighted by Crippen LogP contribution is 2.02. The summed E-state index contributed by atoms with van der Waals surface area (Å²) in [5.74, 6) is 3.21. The highest BCUT2D eigenvalue weighted by atomic mass is 14.8. The van der Waals surface area contributed by atoms with Gasteiger partial charge in [0.05, 0.1) is 0 Å². The quantitative estimate of drug-likeness (QED) is 0.361. The number of terminal acetylenes is 1. The fourth-order valence-electron chi connectivity index (χ4n) is 1.45. The molecule has 0 radical (unpaired) electrons. The van der Waals surface area contributed by atoms with E-state index in [1.54, 1.807) is 6.08 Å². The molecule has 0 heterocycles. The van der Waals surface area contributed by atoms with Crippen molar-refractivity contribution in [3.8, 4) is 12.3 Å². The number of nitrogens with one attached hydrogen (secondary N) is 1. The second-order valence-corrected chi connectivity index (χ2v) is 4.92. The average Bonchev–Trinajstić information content (AvgIpc) is 2.42. The summed E-state index contributed by atoms with van der Waals surface area (Å²) in [5, 5.41) is 3.29. The van der Waals surface area contributed by atoms with Gasteiger partial charge in [-0.3, -0.25) is 0 Å². The predicted molar refractivity (Wildman–Crippen MR) is 91.2 cm³/mol. The number of rotatable bonds is 9. The van der Waals surface area contributed by atoms with Crippen molar-refractivity contribution in [2.75, 3.05) is 6.54 Å². The van der Waals surface area contributed by atoms with E-state index in [-0.39, 0.29) is 0 Å². The number of hydrogen-bond acceptors (Lipinski definition) is 1. The third kappa shape index (κ3) is 12.5. The molecule has 0 aliphatic rings. The van der Waals surface area contributed by atoms with Gasteiger partial charge in [0, 0.05) is 6.54 Å². The molecule has 0 aliphatic heterocycles. The molecule has 0 amide bonds. The van der Waals surface area contributed by atoms with E-state index in [4.69, 9.17) is 6.42 Å². The van der Waals surface area contributed by atoms with Gasteiger partial charge in [0.2, 0.25) is 0 Å². The zero-order valence-electron chi connectivity index (χ0n) is 13.0. The first kappa shape index (κ1) is 18.1. The van der Waals surface area contributed by atoms with E-state index in [0.717, 1.165) is 19.4 Å². The second-order valence-electron chi connectivity index (χ2n) is 4.92. The van der Waals surface area contributed by atoms with Crippen molar-refractivity contribution in [2.45, 2.75) is 33.6 Å². The molecule has 0 aromatic heterocycles. The van der Waals surface area contributed by atoms with Gasteiger partial charge < -0.3 is 5.32 Å². The summed E-state index contributed by atoms with van der Waals surface area (Å²) in [6.07, 6.45) is 25.4. The largest absolute Gasteiger partial charge is 0.387 e. The van der Waals surface area contributed by atoms with Crippen molar-refractivity contribution < 1.29 is 0 Å². The lowest BCUT2D eigenvalue weighted by atomic mass is 10.1. The molecule has 1 N–H and O–H groups in total. The maximum atomic E-state index is 5.19. The lowest BCUT2D eigenvalue weighted by molar-refractivity contribution is 0.664. The van der Waals surface area contributed by atoms with Crippen LogP contribution in [0.5, 0.6) is 0 Å². The first-order valence-corrected chi connectivity index (χ1v) is 7.17. The van der Waals surface area contributed by atoms with Gasteiger partial charge in [-0.2, -0.15) is 0 Å². The Balaban J connectivity index is 4.16. The van der Waals surface area contributed by atoms with E-state index in [1.807, 2.05) is 25.3 Å². The summed E-state index contributed by atoms with van der Waals surface area (Å²) < 4.78 is 0. The third-order valence-corrected chi connectivity index (χ3v) is 2.54. The Morgan fingerprint density at radius 1 is 1.20 bits per heavy atom. The molecule has 0 aliphatic carbocycles. The van der Waals surface area contributed by atoms with E-state index in [1.165, 1.54) is 5.57 Å². The van der Waals surface area contributed by atoms with Crippen LogP contribution in [0.3, 0.4) is 0 Å². The van der Waals surface area contributed by atoms with Gasteiger partial charge >= 0.3 is 0 Å². The monoisotopic (exact) mass is 269 g/mol. The Bertz CT molecular complexity index is 412. The average molecular weight is 269 g/mol. The first-order chi connectivity index (χ1) is 9.70. The minimum absolute atomic E-state index is 0.714. The Kier molecular flexibility index (Phi) is 12.2. The summed E-state index contributed by atoms with van der Waals surface area (Å²) in [6.45, 7) is 7.29. The van der Waals surface area contributed by atoms with Crippen LogP contribution in [0, 0.1) is 18.3 Å². The molecule has 1 heteroatoms. The molecule has 20 heavy (non-hydrogen) atoms. The Hall–Kier alpha value is -1.94. The smallest absolute Gasteiger partial charge is 0.0360 e. The normalized spacial score (nSPS) is 13.2. The van der Waals surface area contributed by atoms with Gasteiger partial charge in [0.15, 0.2) is 0 Å². The van der Waals surface area contributed by atoms with E-state index in [9.17, 15) is 0 Å². The Morgan fingerprint density at radius 2 is 2.00 bits per heavy atom. The molecule has 0 rings (SSSR count). The molecule has 0 bridgehead atoms. The van der Waals surface area contributed by atoms with Crippen molar-refractivity contribution >= 4 is 0 Å². The summed E-state index contributed by atoms with van der Waals surface area (Å²) in [5.41, 5.74) is 1.30. The zero-order valence-corrected chi connectivity index (χ0v) is 13.0. The molecule has 0 saturated carbocycles. The van der Waals surface area contributed by atoms with Gasteiger partial charge in [-0.25, -0.2) is 0 Å². The van der Waals surface area contributed by atoms with Crippen LogP contribution >= 0.6 is 0 Å². The van der Waals surface area contributed by atoms with Gasteiger partial charge in [-0.1, -0.05) is 56.2 Å². The minimum atomic E-state index is 0.714. The van der Waals surface area contributed by atoms with E-state index in [2.05, 4.69) is 55.5 Å². The van der Waals surface area contributed by atoms with Crippen LogP contribution in [0.15, 0.2) is 60.4 Å². The predicted octanol–water partition coefficient (Wildman–Crippen LogP) is 4.77. The molecule has 0 fully saturated rings. The van der Waals surface area contributed by atoms with Crippen LogP contribution in [0.25, 0.3) is 0 Å². The van der Waals surface area contributed by atoms with Crippen molar-refractivity contribution in [1.82, 2.24) is 5.32 Å². The standard InChI is InChI=1S/C19H27N/c1-5-7-10-15-19(14-8-6-2)17-20-16-12-9-11-13-18(3)4/h1,6-12,15-16,18,20H,13-14,17H2,2-4H3/b8-6+,10-7-,11-9-,16-12-,19-15+. The molecule has 0 unspecified atom stereocenters. The van der Waals surface area contributed by atoms with Crippen molar-refractivity contribution in [1.29, 1.82) is 0 Å². The second kappa shape index (κ2) is 13.5. The van der Waals surface area contributed by atoms with Crippen molar-refractivity contribution in [2.24, 2.45) is 5.92 Å². The summed E-state index contributed by atoms with van der Waals surface area (Å²) in [7, 11) is 0. The van der Waals surface area contributed by atoms with Crippen molar-refractivity contribution in [3.63, 3.8) is 0 Å². The van der Waals surface area contributed by atoms with Crippen LogP contribution in [0.2, 0.25) is 0 Å². The molecular weight excluding hydrogens is 242 g/mol. The van der Waals surface area contributed by atoms with Crippen LogP contribution in [-0.2, 0) is 0 Å². The lowest BCUT2D eigenvalue weighted by Gasteiger charge is -2.03. The summed E-state index contributed by atoms with van der Waals surface area (Å²) in [6, 6.07) is 0. The zero-order chi connectivity index (χ0) is 15.1. The van der Waals surface area contributed by atoms with E-state index >= 15 is 0 Å². The molecule has 0 aromatic rings. The minimum Gasteiger partial charge on any atom is -0.387 e. The molecule has 0 atom stereocenters. The number of allylic oxidation sites excluding steroid dienone is 8. The fourth-order valence-corrected chi connectivity index (χ4v) is 1.45. The van der Waals surface area contributed by atoms with Gasteiger partial charge in [-0.15, -0.1) is 6.42 Å². The van der Waals surface area contributed by atoms with Gasteiger partial charge in [-0.05, 0) is 49.6 Å². The SMILES string of the molecule is C#C/C=C\C=C(/C/C=C/C)CN/C=C\C=C/CC(C)C. The molecule has 108 valence electrons. The van der Waals surface area contributed by atoms with Gasteiger partial charge in [0.25, 0.3) is 0 Å². The first-order valence-electron chi connectivity index (χ1n) is 7.17. The third-order valence-electron chi connectivity index (χ3n) is 2.54. The van der Waals surface area contributed by atoms with E-state index in [0.29, 0.717) is 5.92 Å². The topological polar surface area (TPSA) is 12.0 Å². The summed E-state index contributed by atoms with van der Waals surface area (Å²) in [4.78, 5) is 0. The highest BCUT2D eigenvalue weighted by Gasteiger charge is 1.91. The van der Waals surface area contributed by atoms with Gasteiger partial charge in [0.1, 0.15) is 0 Å². The van der Waals surface area contributed by atoms with Crippen LogP contribution in [-0.4, -0.2) is 6.54 Å². The molecule has 0 aromatic carbocycles. The van der Waals surface area contributed by atoms with E-state index < -0.39 is 0 Å². The molecule has 0 spiro atoms. The number of hydrogen-bond donors (Lipinski definition) is 1. The maximum absolute atomic E-state index is 5.19. The van der Waals surface area contributed by atoms with Crippen LogP contribution < -0.4 is 5.32 Å². The molecule has 0 saturated heterocycles. The van der Waals surface area contributed by atoms with Crippen LogP contribution in [0.4, 0.5) is 0 Å². The fraction of sp³-hybridized carbons (Fsp3) is 0.368. The highest BCUT2D eigenvalue weighted by molar-refractivity contribution is 5.22. The molecular formula is C19H27N. The maximum Gasteiger partial charge on any atom is 0.0360 e. The van der Waals surface area contributed by atoms with Crippen molar-refractivity contribution in [3.05, 3.63) is 60.4 Å². The molecule has 1 nitrogen and oxygen atoms in total. The van der Waals surface area contributed by atoms with Crippen LogP contribution in [0.1, 0.15) is 33.6 Å². The lowest BCUT2D eigenvalue weighted by Crippen LogP contribution is -2.09. The summed E-state index contributed by atoms with van der Waals surface area (Å²) >= 11 is 0. The Labute approximate surface area is 124 Å².